The molecule has 0 aromatic heterocycles. The van der Waals surface area contributed by atoms with Gasteiger partial charge in [-0.05, 0) is 11.1 Å². The lowest BCUT2D eigenvalue weighted by Gasteiger charge is -1.98. The molecule has 0 saturated heterocycles. The Kier molecular flexibility index (Phi) is 5.77. The summed E-state index contributed by atoms with van der Waals surface area (Å²) in [7, 11) is 0. The molecule has 9 nitrogen and oxygen atoms in total. The summed E-state index contributed by atoms with van der Waals surface area (Å²) in [5.41, 5.74) is 15.5. The first-order valence-corrected chi connectivity index (χ1v) is 2.62. The van der Waals surface area contributed by atoms with Crippen molar-refractivity contribution < 1.29 is 14.3 Å². The van der Waals surface area contributed by atoms with Gasteiger partial charge in [0.05, 0.1) is 0 Å². The van der Waals surface area contributed by atoms with Crippen LogP contribution in [0.3, 0.4) is 0 Å². The number of azide groups is 2. The predicted octanol–water partition coefficient (Wildman–Crippen LogP) is 1.68. The van der Waals surface area contributed by atoms with E-state index in [4.69, 9.17) is 11.1 Å². The van der Waals surface area contributed by atoms with Crippen molar-refractivity contribution in [1.29, 1.82) is 0 Å². The molecular weight excluding hydrogens is 168 g/mol. The summed E-state index contributed by atoms with van der Waals surface area (Å²) in [5, 5.41) is 5.79. The molecule has 0 aliphatic rings. The number of hydrogen-bond donors (Lipinski definition) is 0. The Morgan fingerprint density at radius 3 is 1.92 bits per heavy atom. The highest BCUT2D eigenvalue weighted by atomic mass is 16.7. The van der Waals surface area contributed by atoms with Crippen molar-refractivity contribution >= 4 is 6.16 Å². The maximum atomic E-state index is 10.4. The van der Waals surface area contributed by atoms with E-state index < -0.39 is 19.6 Å². The van der Waals surface area contributed by atoms with Crippen molar-refractivity contribution in [3.8, 4) is 0 Å². The van der Waals surface area contributed by atoms with E-state index >= 15 is 0 Å². The second-order valence-corrected chi connectivity index (χ2v) is 1.26. The first-order valence-electron chi connectivity index (χ1n) is 2.62. The number of rotatable bonds is 4. The van der Waals surface area contributed by atoms with Crippen LogP contribution in [-0.2, 0) is 9.47 Å². The molecule has 0 atom stereocenters. The smallest absolute Gasteiger partial charge is 0.428 e. The Morgan fingerprint density at radius 2 is 1.58 bits per heavy atom. The van der Waals surface area contributed by atoms with E-state index in [2.05, 4.69) is 29.5 Å². The summed E-state index contributed by atoms with van der Waals surface area (Å²) in [6.45, 7) is -0.906. The minimum atomic E-state index is -1.06. The predicted molar refractivity (Wildman–Crippen MR) is 35.6 cm³/mol. The van der Waals surface area contributed by atoms with E-state index in [-0.39, 0.29) is 0 Å². The normalized spacial score (nSPS) is 7.33. The van der Waals surface area contributed by atoms with Crippen LogP contribution in [0.15, 0.2) is 10.2 Å². The van der Waals surface area contributed by atoms with Crippen LogP contribution >= 0.6 is 0 Å². The maximum Gasteiger partial charge on any atom is 0.508 e. The van der Waals surface area contributed by atoms with E-state index in [1.807, 2.05) is 0 Å². The van der Waals surface area contributed by atoms with E-state index in [1.165, 1.54) is 0 Å². The van der Waals surface area contributed by atoms with E-state index in [0.717, 1.165) is 0 Å². The summed E-state index contributed by atoms with van der Waals surface area (Å²) < 4.78 is 8.33. The van der Waals surface area contributed by atoms with Crippen molar-refractivity contribution in [3.05, 3.63) is 20.9 Å². The minimum absolute atomic E-state index is 0.453. The molecule has 64 valence electrons. The molecule has 0 radical (unpaired) electrons. The fourth-order valence-corrected chi connectivity index (χ4v) is 0.256. The first kappa shape index (κ1) is 9.89. The lowest BCUT2D eigenvalue weighted by molar-refractivity contribution is 0.0591. The van der Waals surface area contributed by atoms with Gasteiger partial charge in [-0.1, -0.05) is 10.2 Å². The molecule has 0 rings (SSSR count). The monoisotopic (exact) mass is 172 g/mol. The van der Waals surface area contributed by atoms with Crippen LogP contribution in [0.5, 0.6) is 0 Å². The van der Waals surface area contributed by atoms with E-state index in [1.54, 1.807) is 0 Å². The molecule has 0 unspecified atom stereocenters. The number of carbonyl (C=O) groups is 1. The Morgan fingerprint density at radius 1 is 1.17 bits per heavy atom. The Labute approximate surface area is 66.1 Å². The Balaban J connectivity index is 3.45. The molecule has 0 bridgehead atoms. The molecule has 0 fully saturated rings. The average molecular weight is 172 g/mol. The highest BCUT2D eigenvalue weighted by Crippen LogP contribution is 1.86. The number of nitrogens with zero attached hydrogens (tertiary/aromatic N) is 6. The Bertz CT molecular complexity index is 214. The van der Waals surface area contributed by atoms with Gasteiger partial charge in [-0.15, -0.1) is 0 Å². The van der Waals surface area contributed by atoms with Gasteiger partial charge >= 0.3 is 6.16 Å². The molecule has 0 heterocycles. The number of carbonyl (C=O) groups excluding carboxylic acids is 1. The third-order valence-electron chi connectivity index (χ3n) is 0.607. The zero-order valence-electron chi connectivity index (χ0n) is 5.82. The summed E-state index contributed by atoms with van der Waals surface area (Å²) in [6.07, 6.45) is -1.06. The van der Waals surface area contributed by atoms with Crippen LogP contribution < -0.4 is 0 Å². The fraction of sp³-hybridized carbons (Fsp3) is 0.667. The number of ether oxygens (including phenoxy) is 2. The summed E-state index contributed by atoms with van der Waals surface area (Å²) in [6, 6.07) is 0. The van der Waals surface area contributed by atoms with Gasteiger partial charge in [-0.3, -0.25) is 0 Å². The minimum Gasteiger partial charge on any atom is -0.428 e. The van der Waals surface area contributed by atoms with Crippen LogP contribution in [0.25, 0.3) is 20.9 Å². The summed E-state index contributed by atoms with van der Waals surface area (Å²) in [5.74, 6) is 0. The van der Waals surface area contributed by atoms with Crippen molar-refractivity contribution in [2.75, 3.05) is 13.5 Å². The average Bonchev–Trinajstić information content (AvgIpc) is 2.06. The zero-order chi connectivity index (χ0) is 9.23. The van der Waals surface area contributed by atoms with Crippen LogP contribution in [0.4, 0.5) is 4.79 Å². The van der Waals surface area contributed by atoms with Crippen LogP contribution in [0.1, 0.15) is 0 Å². The highest BCUT2D eigenvalue weighted by molar-refractivity contribution is 5.59. The van der Waals surface area contributed by atoms with Gasteiger partial charge in [0.15, 0.2) is 13.5 Å². The molecule has 0 aromatic rings. The summed E-state index contributed by atoms with van der Waals surface area (Å²) in [4.78, 5) is 15.0. The van der Waals surface area contributed by atoms with Gasteiger partial charge in [0.2, 0.25) is 0 Å². The van der Waals surface area contributed by atoms with Gasteiger partial charge in [0.1, 0.15) is 0 Å². The highest BCUT2D eigenvalue weighted by Gasteiger charge is 1.99. The van der Waals surface area contributed by atoms with Crippen molar-refractivity contribution in [2.24, 2.45) is 10.2 Å². The van der Waals surface area contributed by atoms with Gasteiger partial charge < -0.3 is 9.47 Å². The van der Waals surface area contributed by atoms with Gasteiger partial charge in [-0.2, -0.15) is 0 Å². The largest absolute Gasteiger partial charge is 0.508 e. The first-order chi connectivity index (χ1) is 5.81. The van der Waals surface area contributed by atoms with Gasteiger partial charge in [0.25, 0.3) is 0 Å². The molecule has 0 spiro atoms. The second kappa shape index (κ2) is 7.00. The molecule has 0 amide bonds. The van der Waals surface area contributed by atoms with Crippen LogP contribution in [-0.4, -0.2) is 19.6 Å². The second-order valence-electron chi connectivity index (χ2n) is 1.26. The van der Waals surface area contributed by atoms with Crippen LogP contribution in [0, 0.1) is 0 Å². The molecule has 0 saturated carbocycles. The topological polar surface area (TPSA) is 133 Å². The third kappa shape index (κ3) is 6.02. The molecule has 0 aliphatic carbocycles. The van der Waals surface area contributed by atoms with E-state index in [9.17, 15) is 4.79 Å². The lowest BCUT2D eigenvalue weighted by atomic mass is 11.2. The zero-order valence-corrected chi connectivity index (χ0v) is 5.82. The standard InChI is InChI=1S/C3H4N6O3/c4-8-6-1-11-3(10)12-2-7-9-5/h1-2H2. The van der Waals surface area contributed by atoms with Crippen molar-refractivity contribution in [3.63, 3.8) is 0 Å². The quantitative estimate of drug-likeness (QED) is 0.276. The third-order valence-corrected chi connectivity index (χ3v) is 0.607. The Hall–Kier alpha value is -2.11. The molecule has 0 aromatic carbocycles. The van der Waals surface area contributed by atoms with Crippen LogP contribution in [0.2, 0.25) is 0 Å². The molecule has 0 aliphatic heterocycles. The van der Waals surface area contributed by atoms with Gasteiger partial charge in [0, 0.05) is 9.82 Å². The molecule has 12 heavy (non-hydrogen) atoms. The fourth-order valence-electron chi connectivity index (χ4n) is 0.256. The van der Waals surface area contributed by atoms with Gasteiger partial charge in [-0.25, -0.2) is 4.79 Å². The number of hydrogen-bond acceptors (Lipinski definition) is 5. The van der Waals surface area contributed by atoms with Crippen molar-refractivity contribution in [1.82, 2.24) is 0 Å². The summed E-state index contributed by atoms with van der Waals surface area (Å²) >= 11 is 0. The molecule has 0 N–H and O–H groups in total. The molecular formula is C3H4N6O3. The molecule has 9 heteroatoms. The maximum absolute atomic E-state index is 10.4. The lowest BCUT2D eigenvalue weighted by Crippen LogP contribution is -2.06. The van der Waals surface area contributed by atoms with Crippen molar-refractivity contribution in [2.45, 2.75) is 0 Å². The SMILES string of the molecule is [N-]=[N+]=NCOC(=O)OCN=[N+]=[N-]. The van der Waals surface area contributed by atoms with E-state index in [0.29, 0.717) is 0 Å².